The molecule has 1 heterocycles. The molecule has 0 saturated heterocycles. The topological polar surface area (TPSA) is 109 Å². The van der Waals surface area contributed by atoms with Gasteiger partial charge in [-0.2, -0.15) is 0 Å². The number of hydrogen-bond donors (Lipinski definition) is 3. The van der Waals surface area contributed by atoms with Gasteiger partial charge in [0.1, 0.15) is 5.00 Å². The van der Waals surface area contributed by atoms with Crippen LogP contribution >= 0.6 is 11.3 Å². The monoisotopic (exact) mass is 348 g/mol. The molecule has 1 aromatic rings. The number of nitrogens with one attached hydrogen (secondary N) is 1. The highest BCUT2D eigenvalue weighted by Gasteiger charge is 2.57. The van der Waals surface area contributed by atoms with E-state index < -0.39 is 23.7 Å². The minimum atomic E-state index is -0.928. The fourth-order valence-electron chi connectivity index (χ4n) is 4.40. The second kappa shape index (κ2) is 6.05. The van der Waals surface area contributed by atoms with E-state index in [0.29, 0.717) is 5.00 Å². The number of fused-ring (bicyclic) bond motifs is 2. The highest BCUT2D eigenvalue weighted by atomic mass is 32.1. The Morgan fingerprint density at radius 1 is 1.21 bits per heavy atom. The van der Waals surface area contributed by atoms with Crippen molar-refractivity contribution in [2.75, 3.05) is 5.32 Å². The lowest BCUT2D eigenvalue weighted by molar-refractivity contribution is -0.148. The summed E-state index contributed by atoms with van der Waals surface area (Å²) in [6.07, 6.45) is 1.65. The average Bonchev–Trinajstić information content (AvgIpc) is 3.18. The van der Waals surface area contributed by atoms with Gasteiger partial charge in [0.15, 0.2) is 0 Å². The van der Waals surface area contributed by atoms with E-state index in [2.05, 4.69) is 5.32 Å². The maximum absolute atomic E-state index is 12.8. The van der Waals surface area contributed by atoms with Crippen molar-refractivity contribution < 1.29 is 19.5 Å². The Morgan fingerprint density at radius 3 is 2.38 bits per heavy atom. The Kier molecular flexibility index (Phi) is 4.21. The van der Waals surface area contributed by atoms with Crippen molar-refractivity contribution in [1.82, 2.24) is 0 Å². The number of nitrogens with two attached hydrogens (primary N) is 1. The lowest BCUT2D eigenvalue weighted by atomic mass is 9.79. The van der Waals surface area contributed by atoms with E-state index in [1.54, 1.807) is 11.4 Å². The van der Waals surface area contributed by atoms with Crippen LogP contribution in [0.4, 0.5) is 5.00 Å². The number of thiophene rings is 1. The number of amides is 2. The number of primary amides is 1. The van der Waals surface area contributed by atoms with Crippen LogP contribution in [0.25, 0.3) is 0 Å². The predicted molar refractivity (Wildman–Crippen MR) is 90.7 cm³/mol. The lowest BCUT2D eigenvalue weighted by Gasteiger charge is -2.26. The molecule has 128 valence electrons. The first-order chi connectivity index (χ1) is 11.3. The number of carbonyl (C=O) groups is 3. The third kappa shape index (κ3) is 2.53. The lowest BCUT2D eigenvalue weighted by Crippen LogP contribution is -2.38. The molecule has 0 radical (unpaired) electrons. The van der Waals surface area contributed by atoms with Crippen molar-refractivity contribution >= 4 is 34.1 Å². The summed E-state index contributed by atoms with van der Waals surface area (Å²) >= 11 is 1.21. The molecule has 2 amide bonds. The summed E-state index contributed by atoms with van der Waals surface area (Å²) in [5, 5.41) is 14.4. The number of carbonyl (C=O) groups excluding carboxylic acids is 2. The number of carboxylic acid groups (broad SMARTS) is 1. The van der Waals surface area contributed by atoms with E-state index in [9.17, 15) is 19.5 Å². The Hall–Kier alpha value is -2.15. The molecular weight excluding hydrogens is 328 g/mol. The largest absolute Gasteiger partial charge is 0.481 e. The van der Waals surface area contributed by atoms with Gasteiger partial charge in [0, 0.05) is 0 Å². The van der Waals surface area contributed by atoms with Crippen LogP contribution in [0, 0.1) is 23.7 Å². The first-order valence-corrected chi connectivity index (χ1v) is 8.79. The van der Waals surface area contributed by atoms with Crippen LogP contribution in [0.15, 0.2) is 22.6 Å². The van der Waals surface area contributed by atoms with E-state index in [1.807, 2.05) is 13.8 Å². The van der Waals surface area contributed by atoms with E-state index in [-0.39, 0.29) is 23.3 Å². The minimum Gasteiger partial charge on any atom is -0.481 e. The summed E-state index contributed by atoms with van der Waals surface area (Å²) in [4.78, 5) is 36.0. The van der Waals surface area contributed by atoms with E-state index in [4.69, 9.17) is 5.73 Å². The normalized spacial score (nSPS) is 28.0. The second-order valence-electron chi connectivity index (χ2n) is 6.65. The Labute approximate surface area is 143 Å². The van der Waals surface area contributed by atoms with Crippen LogP contribution in [-0.2, 0) is 9.59 Å². The van der Waals surface area contributed by atoms with E-state index in [0.717, 1.165) is 24.0 Å². The molecule has 1 aromatic heterocycles. The Balaban J connectivity index is 1.91. The highest BCUT2D eigenvalue weighted by Crippen LogP contribution is 2.57. The van der Waals surface area contributed by atoms with Gasteiger partial charge in [-0.15, -0.1) is 11.3 Å². The number of aliphatic carboxylic acids is 1. The average molecular weight is 348 g/mol. The van der Waals surface area contributed by atoms with Gasteiger partial charge in [-0.1, -0.05) is 11.1 Å². The van der Waals surface area contributed by atoms with Crippen molar-refractivity contribution in [2.24, 2.45) is 29.4 Å². The molecule has 2 aliphatic rings. The molecule has 4 N–H and O–H groups in total. The fraction of sp³-hybridized carbons (Fsp3) is 0.471. The number of allylic oxidation sites excluding steroid dienone is 2. The Bertz CT molecular complexity index is 748. The zero-order valence-corrected chi connectivity index (χ0v) is 14.4. The van der Waals surface area contributed by atoms with Gasteiger partial charge in [-0.25, -0.2) is 0 Å². The quantitative estimate of drug-likeness (QED) is 0.726. The number of hydrogen-bond acceptors (Lipinski definition) is 4. The van der Waals surface area contributed by atoms with E-state index in [1.165, 1.54) is 11.3 Å². The van der Waals surface area contributed by atoms with Gasteiger partial charge in [0.05, 0.1) is 17.4 Å². The first-order valence-electron chi connectivity index (χ1n) is 7.91. The second-order valence-corrected chi connectivity index (χ2v) is 7.57. The summed E-state index contributed by atoms with van der Waals surface area (Å²) in [5.41, 5.74) is 7.79. The van der Waals surface area contributed by atoms with Crippen molar-refractivity contribution in [3.63, 3.8) is 0 Å². The van der Waals surface area contributed by atoms with Crippen molar-refractivity contribution in [2.45, 2.75) is 26.7 Å². The zero-order valence-electron chi connectivity index (χ0n) is 13.5. The third-order valence-corrected chi connectivity index (χ3v) is 6.00. The Morgan fingerprint density at radius 2 is 1.83 bits per heavy atom. The number of rotatable bonds is 4. The van der Waals surface area contributed by atoms with Crippen LogP contribution in [-0.4, -0.2) is 22.9 Å². The molecular formula is C17H20N2O4S. The summed E-state index contributed by atoms with van der Waals surface area (Å²) in [6.45, 7) is 3.95. The summed E-state index contributed by atoms with van der Waals surface area (Å²) in [6, 6.07) is 1.56. The van der Waals surface area contributed by atoms with Crippen LogP contribution in [0.3, 0.4) is 0 Å². The molecule has 2 bridgehead atoms. The molecule has 0 aliphatic heterocycles. The maximum Gasteiger partial charge on any atom is 0.307 e. The van der Waals surface area contributed by atoms with Gasteiger partial charge in [0.2, 0.25) is 5.91 Å². The summed E-state index contributed by atoms with van der Waals surface area (Å²) in [5.74, 6) is -3.27. The van der Waals surface area contributed by atoms with Gasteiger partial charge in [-0.3, -0.25) is 14.4 Å². The molecule has 0 unspecified atom stereocenters. The standard InChI is InChI=1S/C17H20N2O4S/c1-7(2)11-8-3-4-9(11)13(17(22)23)12(8)15(21)19-16-10(14(18)20)5-6-24-16/h5-6,8-9,12-13H,3-4H2,1-2H3,(H2,18,20)(H,19,21)(H,22,23)/t8-,9-,12+,13+/m0/s1. The van der Waals surface area contributed by atoms with Crippen LogP contribution in [0.5, 0.6) is 0 Å². The number of anilines is 1. The highest BCUT2D eigenvalue weighted by molar-refractivity contribution is 7.14. The van der Waals surface area contributed by atoms with Gasteiger partial charge in [-0.05, 0) is 50.0 Å². The molecule has 24 heavy (non-hydrogen) atoms. The molecule has 6 nitrogen and oxygen atoms in total. The zero-order chi connectivity index (χ0) is 17.6. The summed E-state index contributed by atoms with van der Waals surface area (Å²) in [7, 11) is 0. The molecule has 2 aliphatic carbocycles. The van der Waals surface area contributed by atoms with Gasteiger partial charge in [0.25, 0.3) is 5.91 Å². The minimum absolute atomic E-state index is 0.0295. The SMILES string of the molecule is CC(C)=C1[C@@H]2CC[C@@H]1[C@@H](C(=O)Nc1sccc1C(N)=O)[C@@H]2C(=O)O. The van der Waals surface area contributed by atoms with Crippen LogP contribution in [0.1, 0.15) is 37.0 Å². The first kappa shape index (κ1) is 16.7. The number of carboxylic acids is 1. The molecule has 7 heteroatoms. The van der Waals surface area contributed by atoms with Gasteiger partial charge < -0.3 is 16.2 Å². The van der Waals surface area contributed by atoms with Crippen molar-refractivity contribution in [3.05, 3.63) is 28.2 Å². The molecule has 4 atom stereocenters. The molecule has 0 spiro atoms. The van der Waals surface area contributed by atoms with Crippen LogP contribution in [0.2, 0.25) is 0 Å². The van der Waals surface area contributed by atoms with E-state index >= 15 is 0 Å². The third-order valence-electron chi connectivity index (χ3n) is 5.17. The smallest absolute Gasteiger partial charge is 0.307 e. The molecule has 2 fully saturated rings. The summed E-state index contributed by atoms with van der Waals surface area (Å²) < 4.78 is 0. The van der Waals surface area contributed by atoms with Crippen molar-refractivity contribution in [1.29, 1.82) is 0 Å². The molecule has 2 saturated carbocycles. The molecule has 0 aromatic carbocycles. The van der Waals surface area contributed by atoms with Crippen molar-refractivity contribution in [3.8, 4) is 0 Å². The molecule has 3 rings (SSSR count). The predicted octanol–water partition coefficient (Wildman–Crippen LogP) is 2.48. The van der Waals surface area contributed by atoms with Gasteiger partial charge >= 0.3 is 5.97 Å². The maximum atomic E-state index is 12.8. The van der Waals surface area contributed by atoms with Crippen LogP contribution < -0.4 is 11.1 Å². The fourth-order valence-corrected chi connectivity index (χ4v) is 5.20.